The third-order valence-electron chi connectivity index (χ3n) is 9.12. The minimum atomic E-state index is -4.62. The van der Waals surface area contributed by atoms with Crippen molar-refractivity contribution in [3.63, 3.8) is 0 Å². The summed E-state index contributed by atoms with van der Waals surface area (Å²) < 4.78 is 23.1. The largest absolute Gasteiger partial charge is 0.756 e. The molecule has 0 saturated carbocycles. The lowest BCUT2D eigenvalue weighted by Gasteiger charge is -2.29. The van der Waals surface area contributed by atoms with Crippen molar-refractivity contribution in [3.05, 3.63) is 85.1 Å². The Kier molecular flexibility index (Phi) is 36.6. The Balaban J connectivity index is 4.62. The summed E-state index contributed by atoms with van der Waals surface area (Å²) in [6, 6.07) is -0.961. The smallest absolute Gasteiger partial charge is 0.268 e. The van der Waals surface area contributed by atoms with Crippen molar-refractivity contribution in [1.29, 1.82) is 0 Å². The lowest BCUT2D eigenvalue weighted by atomic mass is 10.0. The van der Waals surface area contributed by atoms with Crippen LogP contribution in [0.3, 0.4) is 0 Å². The number of phosphoric acid groups is 1. The molecule has 0 aliphatic carbocycles. The van der Waals surface area contributed by atoms with Gasteiger partial charge in [0, 0.05) is 6.42 Å². The van der Waals surface area contributed by atoms with Crippen molar-refractivity contribution in [3.8, 4) is 0 Å². The Morgan fingerprint density at radius 1 is 0.643 bits per heavy atom. The molecule has 0 aromatic rings. The normalized spacial score (nSPS) is 15.2. The number of aliphatic hydroxyl groups excluding tert-OH is 1. The molecule has 0 aromatic heterocycles. The van der Waals surface area contributed by atoms with Gasteiger partial charge in [-0.2, -0.15) is 0 Å². The molecule has 2 N–H and O–H groups in total. The summed E-state index contributed by atoms with van der Waals surface area (Å²) in [5.74, 6) is -0.338. The number of unbranched alkanes of at least 4 members (excludes halogenated alkanes) is 14. The van der Waals surface area contributed by atoms with E-state index in [0.29, 0.717) is 17.4 Å². The van der Waals surface area contributed by atoms with E-state index in [1.165, 1.54) is 83.5 Å². The van der Waals surface area contributed by atoms with Crippen LogP contribution in [0, 0.1) is 0 Å². The van der Waals surface area contributed by atoms with Crippen LogP contribution in [0.1, 0.15) is 155 Å². The van der Waals surface area contributed by atoms with Crippen molar-refractivity contribution in [2.75, 3.05) is 40.9 Å². The summed E-state index contributed by atoms with van der Waals surface area (Å²) in [4.78, 5) is 25.2. The number of aliphatic hydroxyl groups is 1. The van der Waals surface area contributed by atoms with E-state index < -0.39 is 26.6 Å². The Bertz CT molecular complexity index is 1180. The zero-order valence-corrected chi connectivity index (χ0v) is 37.2. The molecule has 0 fully saturated rings. The maximum absolute atomic E-state index is 12.8. The first kappa shape index (κ1) is 53.7. The first-order valence-corrected chi connectivity index (χ1v) is 23.4. The minimum absolute atomic E-state index is 0.0271. The van der Waals surface area contributed by atoms with E-state index in [9.17, 15) is 19.4 Å². The van der Waals surface area contributed by atoms with Gasteiger partial charge in [0.15, 0.2) is 0 Å². The molecule has 9 heteroatoms. The highest BCUT2D eigenvalue weighted by atomic mass is 31.2. The lowest BCUT2D eigenvalue weighted by molar-refractivity contribution is -0.870. The highest BCUT2D eigenvalue weighted by Gasteiger charge is 2.22. The summed E-state index contributed by atoms with van der Waals surface area (Å²) in [6.07, 6.45) is 52.4. The number of rotatable bonds is 38. The molecule has 0 saturated heterocycles. The van der Waals surface area contributed by atoms with Crippen molar-refractivity contribution in [2.45, 2.75) is 167 Å². The molecule has 8 nitrogen and oxygen atoms in total. The maximum atomic E-state index is 12.8. The average Bonchev–Trinajstić information content (AvgIpc) is 3.15. The molecule has 322 valence electrons. The molecule has 0 heterocycles. The van der Waals surface area contributed by atoms with Crippen LogP contribution in [0.4, 0.5) is 0 Å². The summed E-state index contributed by atoms with van der Waals surface area (Å²) in [6.45, 7) is 4.41. The number of amides is 1. The Morgan fingerprint density at radius 2 is 1.11 bits per heavy atom. The third-order valence-corrected chi connectivity index (χ3v) is 10.1. The van der Waals surface area contributed by atoms with Crippen LogP contribution >= 0.6 is 7.82 Å². The topological polar surface area (TPSA) is 108 Å². The fraction of sp³-hybridized carbons (Fsp3) is 0.681. The van der Waals surface area contributed by atoms with E-state index in [2.05, 4.69) is 79.9 Å². The van der Waals surface area contributed by atoms with Gasteiger partial charge in [0.1, 0.15) is 13.2 Å². The summed E-state index contributed by atoms with van der Waals surface area (Å²) in [5, 5.41) is 13.7. The number of carbonyl (C=O) groups excluding carboxylic acids is 1. The molecule has 0 spiro atoms. The van der Waals surface area contributed by atoms with Gasteiger partial charge in [-0.05, 0) is 57.8 Å². The number of allylic oxidation sites excluding steroid dienone is 12. The van der Waals surface area contributed by atoms with Gasteiger partial charge < -0.3 is 28.8 Å². The average molecular weight is 803 g/mol. The molecule has 1 amide bonds. The number of phosphoric ester groups is 1. The van der Waals surface area contributed by atoms with Crippen LogP contribution < -0.4 is 10.2 Å². The number of nitrogens with one attached hydrogen (secondary N) is 1. The van der Waals surface area contributed by atoms with Gasteiger partial charge in [0.05, 0.1) is 39.9 Å². The van der Waals surface area contributed by atoms with Gasteiger partial charge in [0.25, 0.3) is 7.82 Å². The van der Waals surface area contributed by atoms with E-state index >= 15 is 0 Å². The predicted octanol–water partition coefficient (Wildman–Crippen LogP) is 11.6. The van der Waals surface area contributed by atoms with Gasteiger partial charge in [-0.1, -0.05) is 176 Å². The minimum Gasteiger partial charge on any atom is -0.756 e. The molecule has 0 radical (unpaired) electrons. The van der Waals surface area contributed by atoms with E-state index in [0.717, 1.165) is 44.9 Å². The predicted molar refractivity (Wildman–Crippen MR) is 237 cm³/mol. The SMILES string of the molecule is CC/C=C\C/C=C\C/C=C\C/C=C\C/C=C\CC(=O)NC(COP(=O)([O-])OCC[N+](C)(C)C)C(O)/C=C/CC/C=C/CCCCCCCCCCCCCCC. The second-order valence-corrected chi connectivity index (χ2v) is 17.1. The number of likely N-dealkylation sites (N-methyl/N-ethyl adjacent to an activating group) is 1. The number of hydrogen-bond acceptors (Lipinski definition) is 6. The second kappa shape index (κ2) is 38.2. The van der Waals surface area contributed by atoms with Crippen LogP contribution in [0.15, 0.2) is 85.1 Å². The highest BCUT2D eigenvalue weighted by molar-refractivity contribution is 7.45. The summed E-state index contributed by atoms with van der Waals surface area (Å²) in [7, 11) is 1.17. The van der Waals surface area contributed by atoms with Gasteiger partial charge in [-0.25, -0.2) is 0 Å². The van der Waals surface area contributed by atoms with Gasteiger partial charge in [-0.15, -0.1) is 0 Å². The number of quaternary nitrogens is 1. The summed E-state index contributed by atoms with van der Waals surface area (Å²) in [5.41, 5.74) is 0. The van der Waals surface area contributed by atoms with Crippen molar-refractivity contribution >= 4 is 13.7 Å². The van der Waals surface area contributed by atoms with Gasteiger partial charge >= 0.3 is 0 Å². The quantitative estimate of drug-likeness (QED) is 0.0279. The molecule has 0 rings (SSSR count). The van der Waals surface area contributed by atoms with Crippen LogP contribution in [0.5, 0.6) is 0 Å². The van der Waals surface area contributed by atoms with E-state index in [1.807, 2.05) is 33.3 Å². The molecule has 3 atom stereocenters. The Morgan fingerprint density at radius 3 is 1.62 bits per heavy atom. The number of nitrogens with zero attached hydrogens (tertiary/aromatic N) is 1. The maximum Gasteiger partial charge on any atom is 0.268 e. The fourth-order valence-corrected chi connectivity index (χ4v) is 6.37. The molecular formula is C47H83N2O6P. The zero-order chi connectivity index (χ0) is 41.4. The van der Waals surface area contributed by atoms with E-state index in [4.69, 9.17) is 9.05 Å². The van der Waals surface area contributed by atoms with Crippen molar-refractivity contribution in [2.24, 2.45) is 0 Å². The molecule has 0 aromatic carbocycles. The third kappa shape index (κ3) is 39.9. The monoisotopic (exact) mass is 803 g/mol. The molecule has 56 heavy (non-hydrogen) atoms. The standard InChI is InChI=1S/C47H83N2O6P/c1-6-8-10-12-14-16-18-20-22-23-24-25-27-28-30-32-34-36-38-40-46(50)45(44-55-56(52,53)54-43-42-49(3,4)5)48-47(51)41-39-37-35-33-31-29-26-21-19-17-15-13-11-9-7-2/h9,11,15,17,21,26,30-33,37-40,45-46,50H,6-8,10,12-14,16,18-20,22-25,27-29,34-36,41-44H2,1-5H3,(H-,48,51,52,53)/b11-9-,17-15-,26-21-,32-30+,33-31-,39-37-,40-38+. The van der Waals surface area contributed by atoms with Gasteiger partial charge in [-0.3, -0.25) is 9.36 Å². The van der Waals surface area contributed by atoms with E-state index in [-0.39, 0.29) is 18.9 Å². The van der Waals surface area contributed by atoms with Crippen LogP contribution in [-0.4, -0.2) is 68.5 Å². The lowest BCUT2D eigenvalue weighted by Crippen LogP contribution is -2.45. The molecule has 0 bridgehead atoms. The highest BCUT2D eigenvalue weighted by Crippen LogP contribution is 2.38. The molecular weight excluding hydrogens is 719 g/mol. The summed E-state index contributed by atoms with van der Waals surface area (Å²) >= 11 is 0. The first-order valence-electron chi connectivity index (χ1n) is 21.9. The second-order valence-electron chi connectivity index (χ2n) is 15.7. The molecule has 0 aliphatic rings. The Hall–Kier alpha value is -2.32. The number of hydrogen-bond donors (Lipinski definition) is 2. The van der Waals surface area contributed by atoms with Crippen LogP contribution in [-0.2, 0) is 18.4 Å². The fourth-order valence-electron chi connectivity index (χ4n) is 5.65. The van der Waals surface area contributed by atoms with Crippen LogP contribution in [0.2, 0.25) is 0 Å². The van der Waals surface area contributed by atoms with E-state index in [1.54, 1.807) is 12.2 Å². The first-order chi connectivity index (χ1) is 27.0. The Labute approximate surface area is 344 Å². The zero-order valence-electron chi connectivity index (χ0n) is 36.3. The van der Waals surface area contributed by atoms with Crippen molar-refractivity contribution < 1.29 is 32.9 Å². The molecule has 0 aliphatic heterocycles. The van der Waals surface area contributed by atoms with Crippen LogP contribution in [0.25, 0.3) is 0 Å². The number of carbonyl (C=O) groups is 1. The van der Waals surface area contributed by atoms with Gasteiger partial charge in [0.2, 0.25) is 5.91 Å². The van der Waals surface area contributed by atoms with Crippen molar-refractivity contribution in [1.82, 2.24) is 5.32 Å². The molecule has 3 unspecified atom stereocenters.